The maximum Gasteiger partial charge on any atom is 0.413 e. The topological polar surface area (TPSA) is 89.5 Å². The molecule has 0 aromatic heterocycles. The van der Waals surface area contributed by atoms with Crippen LogP contribution in [0.15, 0.2) is 70.0 Å². The number of halogens is 1. The number of amides is 1. The fraction of sp³-hybridized carbons (Fsp3) is 0.346. The number of nitrogens with zero attached hydrogens (tertiary/aromatic N) is 2. The molecule has 186 valence electrons. The van der Waals surface area contributed by atoms with Crippen molar-refractivity contribution in [3.05, 3.63) is 76.2 Å². The third-order valence-electron chi connectivity index (χ3n) is 4.77. The van der Waals surface area contributed by atoms with Crippen molar-refractivity contribution in [3.63, 3.8) is 0 Å². The molecule has 2 aromatic rings. The standard InChI is InChI=1S/C26H30BrN3O5/c1-5-33-24(31)21-14-28-23(29-25(32)35-26(2,3)4)16-30(21)15-19-13-20(27)11-12-22(19)34-17-18-9-7-6-8-10-18/h6-14,16,21H,5,15,17H2,1-4H3,(H,29,32). The van der Waals surface area contributed by atoms with Crippen LogP contribution >= 0.6 is 15.9 Å². The fourth-order valence-electron chi connectivity index (χ4n) is 3.29. The van der Waals surface area contributed by atoms with Crippen molar-refractivity contribution in [2.24, 2.45) is 4.99 Å². The molecule has 0 radical (unpaired) electrons. The molecule has 1 unspecified atom stereocenters. The summed E-state index contributed by atoms with van der Waals surface area (Å²) in [7, 11) is 0. The van der Waals surface area contributed by atoms with E-state index >= 15 is 0 Å². The van der Waals surface area contributed by atoms with E-state index in [1.165, 1.54) is 6.21 Å². The Labute approximate surface area is 214 Å². The molecule has 35 heavy (non-hydrogen) atoms. The third kappa shape index (κ3) is 8.13. The fourth-order valence-corrected chi connectivity index (χ4v) is 3.70. The van der Waals surface area contributed by atoms with Gasteiger partial charge in [-0.25, -0.2) is 14.6 Å². The zero-order valence-electron chi connectivity index (χ0n) is 20.3. The van der Waals surface area contributed by atoms with Crippen molar-refractivity contribution >= 4 is 34.2 Å². The number of rotatable bonds is 8. The van der Waals surface area contributed by atoms with Crippen molar-refractivity contribution in [1.82, 2.24) is 10.2 Å². The lowest BCUT2D eigenvalue weighted by molar-refractivity contribution is -0.146. The Balaban J connectivity index is 1.83. The predicted molar refractivity (Wildman–Crippen MR) is 137 cm³/mol. The smallest absolute Gasteiger partial charge is 0.413 e. The number of aliphatic imine (C=N–C) groups is 1. The quantitative estimate of drug-likeness (QED) is 0.462. The number of esters is 1. The summed E-state index contributed by atoms with van der Waals surface area (Å²) in [6, 6.07) is 14.8. The largest absolute Gasteiger partial charge is 0.489 e. The van der Waals surface area contributed by atoms with E-state index in [2.05, 4.69) is 26.2 Å². The molecule has 0 fully saturated rings. The molecule has 9 heteroatoms. The van der Waals surface area contributed by atoms with E-state index in [9.17, 15) is 9.59 Å². The molecule has 8 nitrogen and oxygen atoms in total. The van der Waals surface area contributed by atoms with E-state index in [0.717, 1.165) is 15.6 Å². The van der Waals surface area contributed by atoms with Gasteiger partial charge in [0, 0.05) is 29.0 Å². The minimum absolute atomic E-state index is 0.242. The molecule has 1 N–H and O–H groups in total. The third-order valence-corrected chi connectivity index (χ3v) is 5.26. The van der Waals surface area contributed by atoms with Crippen LogP contribution in [0.2, 0.25) is 0 Å². The zero-order valence-corrected chi connectivity index (χ0v) is 21.9. The van der Waals surface area contributed by atoms with Crippen LogP contribution in [0.3, 0.4) is 0 Å². The Morgan fingerprint density at radius 2 is 1.89 bits per heavy atom. The maximum absolute atomic E-state index is 12.6. The summed E-state index contributed by atoms with van der Waals surface area (Å²) in [5.74, 6) is 0.490. The SMILES string of the molecule is CCOC(=O)C1C=NC(NC(=O)OC(C)(C)C)=CN1Cc1cc(Br)ccc1OCc1ccccc1. The van der Waals surface area contributed by atoms with Crippen LogP contribution in [-0.4, -0.2) is 41.4 Å². The van der Waals surface area contributed by atoms with E-state index in [1.54, 1.807) is 38.8 Å². The number of ether oxygens (including phenoxy) is 3. The molecular weight excluding hydrogens is 514 g/mol. The van der Waals surface area contributed by atoms with Gasteiger partial charge in [0.2, 0.25) is 0 Å². The van der Waals surface area contributed by atoms with Crippen LogP contribution in [0.1, 0.15) is 38.8 Å². The number of carbonyl (C=O) groups is 2. The minimum Gasteiger partial charge on any atom is -0.489 e. The van der Waals surface area contributed by atoms with Crippen molar-refractivity contribution in [2.75, 3.05) is 6.61 Å². The monoisotopic (exact) mass is 543 g/mol. The Hall–Kier alpha value is -3.33. The Bertz CT molecular complexity index is 1100. The highest BCUT2D eigenvalue weighted by atomic mass is 79.9. The van der Waals surface area contributed by atoms with E-state index in [0.29, 0.717) is 18.9 Å². The van der Waals surface area contributed by atoms with Crippen molar-refractivity contribution in [3.8, 4) is 5.75 Å². The van der Waals surface area contributed by atoms with E-state index in [1.807, 2.05) is 48.5 Å². The highest BCUT2D eigenvalue weighted by Crippen LogP contribution is 2.27. The number of hydrogen-bond acceptors (Lipinski definition) is 7. The molecule has 1 amide bonds. The van der Waals surface area contributed by atoms with Crippen LogP contribution in [0.5, 0.6) is 5.75 Å². The van der Waals surface area contributed by atoms with Gasteiger partial charge in [0.15, 0.2) is 11.9 Å². The number of nitrogens with one attached hydrogen (secondary N) is 1. The second kappa shape index (κ2) is 11.9. The number of alkyl carbamates (subject to hydrolysis) is 1. The Kier molecular flexibility index (Phi) is 8.92. The summed E-state index contributed by atoms with van der Waals surface area (Å²) in [5.41, 5.74) is 1.23. The molecular formula is C26H30BrN3O5. The lowest BCUT2D eigenvalue weighted by Crippen LogP contribution is -2.43. The average Bonchev–Trinajstić information content (AvgIpc) is 2.78. The van der Waals surface area contributed by atoms with Gasteiger partial charge < -0.3 is 19.1 Å². The van der Waals surface area contributed by atoms with Gasteiger partial charge in [-0.1, -0.05) is 46.3 Å². The van der Waals surface area contributed by atoms with E-state index in [4.69, 9.17) is 14.2 Å². The number of carbonyl (C=O) groups excluding carboxylic acids is 2. The van der Waals surface area contributed by atoms with Gasteiger partial charge in [0.25, 0.3) is 0 Å². The van der Waals surface area contributed by atoms with Gasteiger partial charge in [-0.2, -0.15) is 0 Å². The molecule has 0 bridgehead atoms. The molecule has 1 aliphatic heterocycles. The molecule has 0 saturated heterocycles. The Morgan fingerprint density at radius 1 is 1.14 bits per heavy atom. The first-order valence-corrected chi connectivity index (χ1v) is 12.1. The normalized spacial score (nSPS) is 15.3. The average molecular weight is 544 g/mol. The highest BCUT2D eigenvalue weighted by Gasteiger charge is 2.29. The summed E-state index contributed by atoms with van der Waals surface area (Å²) in [6.45, 7) is 8.02. The molecule has 0 spiro atoms. The lowest BCUT2D eigenvalue weighted by Gasteiger charge is -2.30. The van der Waals surface area contributed by atoms with Crippen LogP contribution in [0, 0.1) is 0 Å². The summed E-state index contributed by atoms with van der Waals surface area (Å²) in [4.78, 5) is 30.9. The highest BCUT2D eigenvalue weighted by molar-refractivity contribution is 9.10. The second-order valence-corrected chi connectivity index (χ2v) is 9.73. The molecule has 0 aliphatic carbocycles. The van der Waals surface area contributed by atoms with Crippen molar-refractivity contribution in [1.29, 1.82) is 0 Å². The van der Waals surface area contributed by atoms with Crippen molar-refractivity contribution < 1.29 is 23.8 Å². The zero-order chi connectivity index (χ0) is 25.4. The molecule has 1 atom stereocenters. The van der Waals surface area contributed by atoms with Crippen LogP contribution in [-0.2, 0) is 27.4 Å². The summed E-state index contributed by atoms with van der Waals surface area (Å²) < 4.78 is 17.5. The first-order valence-electron chi connectivity index (χ1n) is 11.3. The minimum atomic E-state index is -0.764. The van der Waals surface area contributed by atoms with Gasteiger partial charge in [-0.05, 0) is 51.5 Å². The van der Waals surface area contributed by atoms with Crippen molar-refractivity contribution in [2.45, 2.75) is 52.5 Å². The second-order valence-electron chi connectivity index (χ2n) is 8.81. The Morgan fingerprint density at radius 3 is 2.57 bits per heavy atom. The molecule has 0 saturated carbocycles. The predicted octanol–water partition coefficient (Wildman–Crippen LogP) is 5.17. The van der Waals surface area contributed by atoms with Crippen LogP contribution < -0.4 is 10.1 Å². The maximum atomic E-state index is 12.6. The summed E-state index contributed by atoms with van der Waals surface area (Å²) in [6.07, 6.45) is 2.42. The van der Waals surface area contributed by atoms with Gasteiger partial charge >= 0.3 is 12.1 Å². The van der Waals surface area contributed by atoms with E-state index in [-0.39, 0.29) is 12.4 Å². The van der Waals surface area contributed by atoms with Gasteiger partial charge in [-0.15, -0.1) is 0 Å². The molecule has 1 heterocycles. The van der Waals surface area contributed by atoms with E-state index < -0.39 is 23.7 Å². The summed E-state index contributed by atoms with van der Waals surface area (Å²) >= 11 is 3.52. The molecule has 3 rings (SSSR count). The molecule has 1 aliphatic rings. The van der Waals surface area contributed by atoms with Gasteiger partial charge in [0.05, 0.1) is 6.61 Å². The molecule has 2 aromatic carbocycles. The van der Waals surface area contributed by atoms with Crippen LogP contribution in [0.4, 0.5) is 4.79 Å². The van der Waals surface area contributed by atoms with Crippen LogP contribution in [0.25, 0.3) is 0 Å². The lowest BCUT2D eigenvalue weighted by atomic mass is 10.1. The number of benzene rings is 2. The summed E-state index contributed by atoms with van der Waals surface area (Å²) in [5, 5.41) is 2.62. The number of hydrogen-bond donors (Lipinski definition) is 1. The first kappa shape index (κ1) is 26.3. The van der Waals surface area contributed by atoms with Gasteiger partial charge in [0.1, 0.15) is 18.0 Å². The van der Waals surface area contributed by atoms with Gasteiger partial charge in [-0.3, -0.25) is 5.32 Å². The first-order chi connectivity index (χ1) is 16.6.